The normalized spacial score (nSPS) is 9.59. The number of ether oxygens (including phenoxy) is 1. The summed E-state index contributed by atoms with van der Waals surface area (Å²) in [5.41, 5.74) is 1.67. The molecule has 0 fully saturated rings. The molecule has 0 saturated heterocycles. The fourth-order valence-corrected chi connectivity index (χ4v) is 1.63. The standard InChI is InChI=1S/C11H13IO4.Na/c1-8-2-3-10(6-9(8)7-15-14)16-11(13)4-5-12;/h2-3,6,14H,4-5,7H2,1H3;/q;+1/p-1. The van der Waals surface area contributed by atoms with E-state index < -0.39 is 0 Å². The molecule has 0 spiro atoms. The van der Waals surface area contributed by atoms with E-state index in [0.717, 1.165) is 15.6 Å². The number of aryl methyl sites for hydroxylation is 1. The molecule has 0 atom stereocenters. The molecule has 0 unspecified atom stereocenters. The Kier molecular flexibility index (Phi) is 9.48. The molecule has 17 heavy (non-hydrogen) atoms. The molecule has 6 heteroatoms. The fourth-order valence-electron chi connectivity index (χ4n) is 1.19. The van der Waals surface area contributed by atoms with Crippen molar-refractivity contribution in [2.24, 2.45) is 0 Å². The van der Waals surface area contributed by atoms with Crippen molar-refractivity contribution in [2.45, 2.75) is 20.0 Å². The Hall–Kier alpha value is 0.340. The van der Waals surface area contributed by atoms with Crippen LogP contribution in [0.1, 0.15) is 17.5 Å². The van der Waals surface area contributed by atoms with Crippen LogP contribution in [0.3, 0.4) is 0 Å². The number of hydrogen-bond acceptors (Lipinski definition) is 4. The Labute approximate surface area is 136 Å². The van der Waals surface area contributed by atoms with Crippen molar-refractivity contribution in [1.29, 1.82) is 0 Å². The van der Waals surface area contributed by atoms with Gasteiger partial charge in [-0.2, -0.15) is 0 Å². The van der Waals surface area contributed by atoms with E-state index in [1.807, 2.05) is 6.92 Å². The number of rotatable bonds is 5. The molecule has 0 aromatic heterocycles. The molecule has 0 aliphatic heterocycles. The third-order valence-electron chi connectivity index (χ3n) is 2.07. The summed E-state index contributed by atoms with van der Waals surface area (Å²) >= 11 is 2.11. The zero-order valence-electron chi connectivity index (χ0n) is 9.86. The Morgan fingerprint density at radius 2 is 2.18 bits per heavy atom. The molecule has 0 saturated carbocycles. The number of alkyl halides is 1. The van der Waals surface area contributed by atoms with E-state index in [2.05, 4.69) is 27.5 Å². The Morgan fingerprint density at radius 1 is 1.47 bits per heavy atom. The van der Waals surface area contributed by atoms with Gasteiger partial charge in [0.15, 0.2) is 0 Å². The first-order chi connectivity index (χ1) is 7.67. The molecule has 0 radical (unpaired) electrons. The second-order valence-corrected chi connectivity index (χ2v) is 4.34. The summed E-state index contributed by atoms with van der Waals surface area (Å²) in [6.07, 6.45) is 0.377. The molecule has 4 nitrogen and oxygen atoms in total. The summed E-state index contributed by atoms with van der Waals surface area (Å²) in [6, 6.07) is 5.15. The van der Waals surface area contributed by atoms with Gasteiger partial charge in [0.2, 0.25) is 0 Å². The van der Waals surface area contributed by atoms with Gasteiger partial charge in [0.05, 0.1) is 13.0 Å². The van der Waals surface area contributed by atoms with Crippen LogP contribution in [0.5, 0.6) is 5.75 Å². The Balaban J connectivity index is 0.00000256. The molecular weight excluding hydrogens is 346 g/mol. The third-order valence-corrected chi connectivity index (χ3v) is 2.60. The van der Waals surface area contributed by atoms with Crippen molar-refractivity contribution < 1.29 is 49.2 Å². The largest absolute Gasteiger partial charge is 1.00 e. The summed E-state index contributed by atoms with van der Waals surface area (Å²) in [4.78, 5) is 15.1. The summed E-state index contributed by atoms with van der Waals surface area (Å²) in [5, 5.41) is 10.1. The van der Waals surface area contributed by atoms with Crippen LogP contribution in [0, 0.1) is 6.92 Å². The predicted molar refractivity (Wildman–Crippen MR) is 65.1 cm³/mol. The molecular formula is C11H12INaO4. The van der Waals surface area contributed by atoms with Gasteiger partial charge in [0.1, 0.15) is 5.75 Å². The number of halogens is 1. The van der Waals surface area contributed by atoms with E-state index in [1.54, 1.807) is 18.2 Å². The number of carbonyl (C=O) groups excluding carboxylic acids is 1. The van der Waals surface area contributed by atoms with Crippen LogP contribution < -0.4 is 39.6 Å². The van der Waals surface area contributed by atoms with Crippen molar-refractivity contribution in [1.82, 2.24) is 0 Å². The average molecular weight is 358 g/mol. The maximum atomic E-state index is 11.2. The first kappa shape index (κ1) is 17.3. The van der Waals surface area contributed by atoms with Crippen LogP contribution in [0.15, 0.2) is 18.2 Å². The van der Waals surface area contributed by atoms with E-state index in [0.29, 0.717) is 12.2 Å². The minimum Gasteiger partial charge on any atom is -0.723 e. The molecule has 0 aliphatic rings. The van der Waals surface area contributed by atoms with Crippen LogP contribution >= 0.6 is 22.6 Å². The van der Waals surface area contributed by atoms with Crippen molar-refractivity contribution in [3.63, 3.8) is 0 Å². The smallest absolute Gasteiger partial charge is 0.723 e. The van der Waals surface area contributed by atoms with E-state index >= 15 is 0 Å². The van der Waals surface area contributed by atoms with Crippen LogP contribution in [0.4, 0.5) is 0 Å². The molecule has 0 amide bonds. The van der Waals surface area contributed by atoms with Gasteiger partial charge < -0.3 is 14.9 Å². The average Bonchev–Trinajstić information content (AvgIpc) is 2.24. The van der Waals surface area contributed by atoms with Gasteiger partial charge >= 0.3 is 35.5 Å². The van der Waals surface area contributed by atoms with Crippen LogP contribution in [0.25, 0.3) is 0 Å². The van der Waals surface area contributed by atoms with Gasteiger partial charge in [-0.05, 0) is 30.2 Å². The zero-order chi connectivity index (χ0) is 12.0. The van der Waals surface area contributed by atoms with E-state index in [1.165, 1.54) is 0 Å². The van der Waals surface area contributed by atoms with Gasteiger partial charge in [-0.3, -0.25) is 4.79 Å². The van der Waals surface area contributed by atoms with Crippen LogP contribution in [-0.4, -0.2) is 10.4 Å². The van der Waals surface area contributed by atoms with Gasteiger partial charge in [-0.1, -0.05) is 28.7 Å². The Morgan fingerprint density at radius 3 is 2.76 bits per heavy atom. The Bertz CT molecular complexity index is 370. The first-order valence-corrected chi connectivity index (χ1v) is 6.31. The van der Waals surface area contributed by atoms with Gasteiger partial charge in [0.25, 0.3) is 0 Å². The van der Waals surface area contributed by atoms with Crippen molar-refractivity contribution in [3.05, 3.63) is 29.3 Å². The SMILES string of the molecule is Cc1ccc(OC(=O)CCI)cc1CO[O-].[Na+]. The fraction of sp³-hybridized carbons (Fsp3) is 0.364. The summed E-state index contributed by atoms with van der Waals surface area (Å²) < 4.78 is 5.82. The molecule has 88 valence electrons. The first-order valence-electron chi connectivity index (χ1n) is 4.78. The second-order valence-electron chi connectivity index (χ2n) is 3.26. The maximum Gasteiger partial charge on any atom is 1.00 e. The third kappa shape index (κ3) is 6.17. The van der Waals surface area contributed by atoms with Crippen molar-refractivity contribution in [3.8, 4) is 5.75 Å². The minimum atomic E-state index is -0.271. The van der Waals surface area contributed by atoms with Gasteiger partial charge in [-0.15, -0.1) is 0 Å². The number of esters is 1. The van der Waals surface area contributed by atoms with Crippen molar-refractivity contribution >= 4 is 28.6 Å². The summed E-state index contributed by atoms with van der Waals surface area (Å²) in [6.45, 7) is 1.84. The molecule has 1 aromatic carbocycles. The zero-order valence-corrected chi connectivity index (χ0v) is 14.0. The molecule has 0 aliphatic carbocycles. The van der Waals surface area contributed by atoms with E-state index in [-0.39, 0.29) is 42.1 Å². The van der Waals surface area contributed by atoms with E-state index in [9.17, 15) is 10.1 Å². The number of hydrogen-bond donors (Lipinski definition) is 0. The quantitative estimate of drug-likeness (QED) is 0.123. The molecule has 0 heterocycles. The summed E-state index contributed by atoms with van der Waals surface area (Å²) in [5.74, 6) is 0.180. The minimum absolute atomic E-state index is 0. The number of carbonyl (C=O) groups is 1. The van der Waals surface area contributed by atoms with Crippen molar-refractivity contribution in [2.75, 3.05) is 4.43 Å². The van der Waals surface area contributed by atoms with Gasteiger partial charge in [0, 0.05) is 4.43 Å². The molecule has 0 N–H and O–H groups in total. The van der Waals surface area contributed by atoms with Gasteiger partial charge in [-0.25, -0.2) is 0 Å². The van der Waals surface area contributed by atoms with E-state index in [4.69, 9.17) is 4.74 Å². The predicted octanol–water partition coefficient (Wildman–Crippen LogP) is -1.48. The number of benzene rings is 1. The molecule has 0 bridgehead atoms. The molecule has 1 aromatic rings. The maximum absolute atomic E-state index is 11.2. The van der Waals surface area contributed by atoms with Crippen LogP contribution in [-0.2, 0) is 16.3 Å². The topological polar surface area (TPSA) is 58.6 Å². The monoisotopic (exact) mass is 358 g/mol. The second kappa shape index (κ2) is 9.29. The molecule has 1 rings (SSSR count). The van der Waals surface area contributed by atoms with Crippen LogP contribution in [0.2, 0.25) is 0 Å². The summed E-state index contributed by atoms with van der Waals surface area (Å²) in [7, 11) is 0.